The molecule has 0 unspecified atom stereocenters. The topological polar surface area (TPSA) is 64.7 Å². The zero-order chi connectivity index (χ0) is 20.0. The van der Waals surface area contributed by atoms with Crippen molar-refractivity contribution in [2.24, 2.45) is 0 Å². The van der Waals surface area contributed by atoms with Gasteiger partial charge in [0.2, 0.25) is 0 Å². The normalized spacial score (nSPS) is 11.8. The van der Waals surface area contributed by atoms with E-state index in [4.69, 9.17) is 0 Å². The number of carbonyl (C=O) groups excluding carboxylic acids is 2. The van der Waals surface area contributed by atoms with Gasteiger partial charge in [-0.05, 0) is 56.1 Å². The molecule has 0 aliphatic rings. The number of benzene rings is 2. The molecule has 0 heterocycles. The smallest absolute Gasteiger partial charge is 0.313 e. The zero-order valence-electron chi connectivity index (χ0n) is 16.0. The Morgan fingerprint density at radius 1 is 0.926 bits per heavy atom. The Bertz CT molecular complexity index is 774. The van der Waals surface area contributed by atoms with Crippen molar-refractivity contribution in [1.29, 1.82) is 0 Å². The lowest BCUT2D eigenvalue weighted by atomic mass is 10.1. The van der Waals surface area contributed by atoms with Crippen LogP contribution in [0.3, 0.4) is 0 Å². The largest absolute Gasteiger partial charge is 0.378 e. The van der Waals surface area contributed by atoms with Crippen LogP contribution in [0.15, 0.2) is 48.5 Å². The van der Waals surface area contributed by atoms with Crippen LogP contribution in [0.1, 0.15) is 11.6 Å². The summed E-state index contributed by atoms with van der Waals surface area (Å²) in [6.45, 7) is 0.282. The summed E-state index contributed by atoms with van der Waals surface area (Å²) in [5.41, 5.74) is 2.48. The summed E-state index contributed by atoms with van der Waals surface area (Å²) >= 11 is 0. The molecule has 0 fully saturated rings. The van der Waals surface area contributed by atoms with Gasteiger partial charge in [0.25, 0.3) is 0 Å². The molecule has 7 heteroatoms. The molecule has 0 saturated heterocycles. The van der Waals surface area contributed by atoms with Crippen molar-refractivity contribution in [3.05, 3.63) is 59.9 Å². The molecular weight excluding hydrogens is 347 g/mol. The number of carbonyl (C=O) groups is 2. The molecule has 0 bridgehead atoms. The van der Waals surface area contributed by atoms with Gasteiger partial charge in [0, 0.05) is 32.0 Å². The minimum Gasteiger partial charge on any atom is -0.378 e. The molecule has 0 aliphatic heterocycles. The Hall–Kier alpha value is -2.93. The van der Waals surface area contributed by atoms with Crippen LogP contribution in [-0.4, -0.2) is 51.4 Å². The maximum atomic E-state index is 12.9. The molecule has 0 aliphatic carbocycles. The maximum absolute atomic E-state index is 12.9. The molecule has 2 aromatic rings. The highest BCUT2D eigenvalue weighted by Crippen LogP contribution is 2.21. The highest BCUT2D eigenvalue weighted by atomic mass is 19.1. The van der Waals surface area contributed by atoms with Gasteiger partial charge in [-0.15, -0.1) is 0 Å². The van der Waals surface area contributed by atoms with E-state index in [0.717, 1.165) is 11.3 Å². The second-order valence-corrected chi connectivity index (χ2v) is 6.64. The number of nitrogens with one attached hydrogen (secondary N) is 2. The molecule has 1 atom stereocenters. The van der Waals surface area contributed by atoms with E-state index in [9.17, 15) is 14.0 Å². The fourth-order valence-corrected chi connectivity index (χ4v) is 2.58. The summed E-state index contributed by atoms with van der Waals surface area (Å²) < 4.78 is 12.9. The van der Waals surface area contributed by atoms with E-state index in [-0.39, 0.29) is 12.6 Å². The number of anilines is 2. The molecule has 2 amide bonds. The van der Waals surface area contributed by atoms with Gasteiger partial charge in [0.15, 0.2) is 0 Å². The summed E-state index contributed by atoms with van der Waals surface area (Å²) in [7, 11) is 7.77. The third-order valence-corrected chi connectivity index (χ3v) is 4.18. The number of nitrogens with zero attached hydrogens (tertiary/aromatic N) is 2. The fourth-order valence-electron chi connectivity index (χ4n) is 2.58. The number of hydrogen-bond acceptors (Lipinski definition) is 4. The molecule has 0 aromatic heterocycles. The lowest BCUT2D eigenvalue weighted by Crippen LogP contribution is -2.40. The van der Waals surface area contributed by atoms with Crippen LogP contribution in [-0.2, 0) is 9.59 Å². The molecule has 2 rings (SSSR count). The molecule has 0 spiro atoms. The van der Waals surface area contributed by atoms with Crippen molar-refractivity contribution in [1.82, 2.24) is 10.2 Å². The van der Waals surface area contributed by atoms with Crippen LogP contribution in [0, 0.1) is 5.82 Å². The van der Waals surface area contributed by atoms with E-state index >= 15 is 0 Å². The predicted octanol–water partition coefficient (Wildman–Crippen LogP) is 2.25. The van der Waals surface area contributed by atoms with Gasteiger partial charge in [-0.25, -0.2) is 4.39 Å². The van der Waals surface area contributed by atoms with Crippen molar-refractivity contribution in [2.75, 3.05) is 45.0 Å². The summed E-state index contributed by atoms with van der Waals surface area (Å²) in [6.07, 6.45) is 0. The van der Waals surface area contributed by atoms with E-state index in [2.05, 4.69) is 10.6 Å². The summed E-state index contributed by atoms with van der Waals surface area (Å²) in [6, 6.07) is 13.2. The number of halogens is 1. The van der Waals surface area contributed by atoms with Crippen molar-refractivity contribution in [2.45, 2.75) is 6.04 Å². The third-order valence-electron chi connectivity index (χ3n) is 4.18. The highest BCUT2D eigenvalue weighted by Gasteiger charge is 2.19. The number of rotatable bonds is 6. The molecule has 0 saturated carbocycles. The second kappa shape index (κ2) is 9.14. The van der Waals surface area contributed by atoms with Crippen LogP contribution in [0.4, 0.5) is 15.8 Å². The first-order chi connectivity index (χ1) is 12.8. The molecule has 0 radical (unpaired) electrons. The lowest BCUT2D eigenvalue weighted by Gasteiger charge is -2.25. The zero-order valence-corrected chi connectivity index (χ0v) is 16.0. The van der Waals surface area contributed by atoms with Crippen LogP contribution in [0.25, 0.3) is 0 Å². The van der Waals surface area contributed by atoms with Gasteiger partial charge in [0.1, 0.15) is 5.82 Å². The lowest BCUT2D eigenvalue weighted by molar-refractivity contribution is -0.136. The second-order valence-electron chi connectivity index (χ2n) is 6.64. The first-order valence-electron chi connectivity index (χ1n) is 8.56. The highest BCUT2D eigenvalue weighted by molar-refractivity contribution is 6.39. The first-order valence-corrected chi connectivity index (χ1v) is 8.56. The Kier molecular flexibility index (Phi) is 6.90. The fraction of sp³-hybridized carbons (Fsp3) is 0.300. The van der Waals surface area contributed by atoms with Crippen molar-refractivity contribution >= 4 is 23.2 Å². The van der Waals surface area contributed by atoms with Crippen molar-refractivity contribution < 1.29 is 14.0 Å². The van der Waals surface area contributed by atoms with Gasteiger partial charge in [-0.3, -0.25) is 9.59 Å². The summed E-state index contributed by atoms with van der Waals surface area (Å²) in [5.74, 6) is -1.94. The van der Waals surface area contributed by atoms with E-state index in [1.807, 2.05) is 62.3 Å². The number of hydrogen-bond donors (Lipinski definition) is 2. The van der Waals surface area contributed by atoms with Gasteiger partial charge in [-0.1, -0.05) is 12.1 Å². The maximum Gasteiger partial charge on any atom is 0.313 e. The summed E-state index contributed by atoms with van der Waals surface area (Å²) in [5, 5.41) is 5.10. The summed E-state index contributed by atoms with van der Waals surface area (Å²) in [4.78, 5) is 28.1. The molecule has 27 heavy (non-hydrogen) atoms. The first kappa shape index (κ1) is 20.4. The van der Waals surface area contributed by atoms with Crippen LogP contribution < -0.4 is 15.5 Å². The van der Waals surface area contributed by atoms with Crippen molar-refractivity contribution in [3.8, 4) is 0 Å². The van der Waals surface area contributed by atoms with Gasteiger partial charge < -0.3 is 20.4 Å². The van der Waals surface area contributed by atoms with Crippen LogP contribution >= 0.6 is 0 Å². The van der Waals surface area contributed by atoms with E-state index in [0.29, 0.717) is 5.69 Å². The molecule has 2 aromatic carbocycles. The standard InChI is InChI=1S/C20H25FN4O2/c1-24(2)17-11-5-14(6-12-17)18(25(3)4)13-22-19(26)20(27)23-16-9-7-15(21)8-10-16/h5-12,18H,13H2,1-4H3,(H,22,26)(H,23,27)/t18-/m1/s1. The van der Waals surface area contributed by atoms with Crippen LogP contribution in [0.5, 0.6) is 0 Å². The van der Waals surface area contributed by atoms with E-state index in [1.54, 1.807) is 0 Å². The quantitative estimate of drug-likeness (QED) is 0.764. The molecule has 2 N–H and O–H groups in total. The Balaban J connectivity index is 1.97. The van der Waals surface area contributed by atoms with Crippen molar-refractivity contribution in [3.63, 3.8) is 0 Å². The predicted molar refractivity (Wildman–Crippen MR) is 105 cm³/mol. The molecule has 6 nitrogen and oxygen atoms in total. The van der Waals surface area contributed by atoms with Gasteiger partial charge in [0.05, 0.1) is 6.04 Å². The minimum atomic E-state index is -0.790. The average molecular weight is 372 g/mol. The SMILES string of the molecule is CN(C)c1ccc([C@@H](CNC(=O)C(=O)Nc2ccc(F)cc2)N(C)C)cc1. The van der Waals surface area contributed by atoms with Gasteiger partial charge in [-0.2, -0.15) is 0 Å². The van der Waals surface area contributed by atoms with Gasteiger partial charge >= 0.3 is 11.8 Å². The number of amides is 2. The number of likely N-dealkylation sites (N-methyl/N-ethyl adjacent to an activating group) is 1. The monoisotopic (exact) mass is 372 g/mol. The minimum absolute atomic E-state index is 0.0798. The molecule has 144 valence electrons. The third kappa shape index (κ3) is 5.79. The Labute approximate surface area is 159 Å². The van der Waals surface area contributed by atoms with Crippen LogP contribution in [0.2, 0.25) is 0 Å². The Morgan fingerprint density at radius 2 is 1.52 bits per heavy atom. The van der Waals surface area contributed by atoms with E-state index < -0.39 is 17.6 Å². The Morgan fingerprint density at radius 3 is 2.04 bits per heavy atom. The average Bonchev–Trinajstić information content (AvgIpc) is 2.63. The van der Waals surface area contributed by atoms with E-state index in [1.165, 1.54) is 24.3 Å². The molecular formula is C20H25FN4O2.